The lowest BCUT2D eigenvalue weighted by Crippen LogP contribution is -2.02. The number of halogens is 3. The van der Waals surface area contributed by atoms with Crippen LogP contribution in [0.25, 0.3) is 0 Å². The highest BCUT2D eigenvalue weighted by molar-refractivity contribution is 9.11. The summed E-state index contributed by atoms with van der Waals surface area (Å²) in [5, 5.41) is 3.35. The van der Waals surface area contributed by atoms with Crippen LogP contribution in [0.15, 0.2) is 43.9 Å². The van der Waals surface area contributed by atoms with Gasteiger partial charge in [0.25, 0.3) is 0 Å². The molecule has 1 N–H and O–H groups in total. The fourth-order valence-corrected chi connectivity index (χ4v) is 2.97. The van der Waals surface area contributed by atoms with Crippen LogP contribution in [0.5, 0.6) is 0 Å². The molecule has 0 aliphatic carbocycles. The minimum Gasteiger partial charge on any atom is -0.379 e. The monoisotopic (exact) mass is 432 g/mol. The number of aryl methyl sites for hydroxylation is 1. The first-order valence-electron chi connectivity index (χ1n) is 5.36. The molecule has 94 valence electrons. The van der Waals surface area contributed by atoms with E-state index in [2.05, 4.69) is 83.2 Å². The Bertz CT molecular complexity index is 570. The third kappa shape index (κ3) is 3.56. The minimum absolute atomic E-state index is 0.684. The molecule has 0 saturated heterocycles. The van der Waals surface area contributed by atoms with Gasteiger partial charge in [-0.05, 0) is 62.5 Å². The summed E-state index contributed by atoms with van der Waals surface area (Å²) < 4.78 is 3.07. The van der Waals surface area contributed by atoms with Gasteiger partial charge >= 0.3 is 0 Å². The van der Waals surface area contributed by atoms with E-state index in [1.54, 1.807) is 6.20 Å². The Kier molecular flexibility index (Phi) is 4.81. The highest BCUT2D eigenvalue weighted by Crippen LogP contribution is 2.23. The van der Waals surface area contributed by atoms with Crippen molar-refractivity contribution >= 4 is 53.5 Å². The van der Waals surface area contributed by atoms with Crippen LogP contribution in [0.3, 0.4) is 0 Å². The quantitative estimate of drug-likeness (QED) is 0.710. The fourth-order valence-electron chi connectivity index (χ4n) is 1.46. The van der Waals surface area contributed by atoms with E-state index in [1.165, 1.54) is 5.56 Å². The smallest absolute Gasteiger partial charge is 0.0737 e. The van der Waals surface area contributed by atoms with E-state index in [1.807, 2.05) is 6.07 Å². The summed E-state index contributed by atoms with van der Waals surface area (Å²) in [6, 6.07) is 8.21. The third-order valence-electron chi connectivity index (χ3n) is 2.52. The molecule has 0 fully saturated rings. The Morgan fingerprint density at radius 3 is 2.56 bits per heavy atom. The number of anilines is 1. The summed E-state index contributed by atoms with van der Waals surface area (Å²) in [6.07, 6.45) is 1.80. The van der Waals surface area contributed by atoms with Crippen molar-refractivity contribution in [1.82, 2.24) is 4.98 Å². The maximum atomic E-state index is 4.36. The van der Waals surface area contributed by atoms with E-state index in [4.69, 9.17) is 0 Å². The van der Waals surface area contributed by atoms with E-state index in [0.717, 1.165) is 24.8 Å². The first kappa shape index (κ1) is 14.0. The molecule has 0 spiro atoms. The molecule has 1 heterocycles. The van der Waals surface area contributed by atoms with Crippen LogP contribution in [0.2, 0.25) is 0 Å². The molecular weight excluding hydrogens is 424 g/mol. The van der Waals surface area contributed by atoms with E-state index < -0.39 is 0 Å². The number of rotatable bonds is 3. The molecule has 0 bridgehead atoms. The molecule has 2 rings (SSSR count). The lowest BCUT2D eigenvalue weighted by molar-refractivity contribution is 1.03. The normalized spacial score (nSPS) is 10.4. The highest BCUT2D eigenvalue weighted by Gasteiger charge is 2.03. The molecule has 2 nitrogen and oxygen atoms in total. The second-order valence-electron chi connectivity index (χ2n) is 3.90. The lowest BCUT2D eigenvalue weighted by Gasteiger charge is -2.09. The van der Waals surface area contributed by atoms with Crippen molar-refractivity contribution in [3.05, 3.63) is 55.1 Å². The molecule has 1 aromatic heterocycles. The van der Waals surface area contributed by atoms with Gasteiger partial charge in [-0.2, -0.15) is 0 Å². The van der Waals surface area contributed by atoms with Crippen LogP contribution in [0.1, 0.15) is 11.3 Å². The van der Waals surface area contributed by atoms with Crippen molar-refractivity contribution < 1.29 is 0 Å². The maximum absolute atomic E-state index is 4.36. The van der Waals surface area contributed by atoms with Crippen LogP contribution in [0, 0.1) is 6.92 Å². The number of nitrogens with zero attached hydrogens (tertiary/aromatic N) is 1. The molecule has 0 unspecified atom stereocenters. The van der Waals surface area contributed by atoms with E-state index >= 15 is 0 Å². The molecule has 0 aliphatic heterocycles. The number of hydrogen-bond acceptors (Lipinski definition) is 2. The van der Waals surface area contributed by atoms with Gasteiger partial charge in [0.1, 0.15) is 0 Å². The summed E-state index contributed by atoms with van der Waals surface area (Å²) in [5.41, 5.74) is 3.28. The van der Waals surface area contributed by atoms with Crippen LogP contribution in [0.4, 0.5) is 5.69 Å². The summed E-state index contributed by atoms with van der Waals surface area (Å²) >= 11 is 10.4. The maximum Gasteiger partial charge on any atom is 0.0737 e. The molecule has 0 aliphatic rings. The van der Waals surface area contributed by atoms with Gasteiger partial charge in [-0.25, -0.2) is 0 Å². The van der Waals surface area contributed by atoms with Gasteiger partial charge in [0.2, 0.25) is 0 Å². The Morgan fingerprint density at radius 2 is 1.89 bits per heavy atom. The van der Waals surface area contributed by atoms with Crippen molar-refractivity contribution in [3.8, 4) is 0 Å². The van der Waals surface area contributed by atoms with Crippen molar-refractivity contribution in [2.24, 2.45) is 0 Å². The summed E-state index contributed by atoms with van der Waals surface area (Å²) in [7, 11) is 0. The first-order valence-corrected chi connectivity index (χ1v) is 7.74. The lowest BCUT2D eigenvalue weighted by atomic mass is 10.2. The van der Waals surface area contributed by atoms with Crippen LogP contribution in [-0.2, 0) is 6.54 Å². The average molecular weight is 435 g/mol. The Morgan fingerprint density at radius 1 is 1.11 bits per heavy atom. The zero-order chi connectivity index (χ0) is 13.1. The molecule has 18 heavy (non-hydrogen) atoms. The minimum atomic E-state index is 0.684. The summed E-state index contributed by atoms with van der Waals surface area (Å²) in [5.74, 6) is 0. The molecule has 5 heteroatoms. The predicted octanol–water partition coefficient (Wildman–Crippen LogP) is 5.29. The molecule has 0 saturated carbocycles. The predicted molar refractivity (Wildman–Crippen MR) is 85.8 cm³/mol. The fraction of sp³-hybridized carbons (Fsp3) is 0.154. The molecule has 0 radical (unpaired) electrons. The van der Waals surface area contributed by atoms with Crippen LogP contribution < -0.4 is 5.32 Å². The third-order valence-corrected chi connectivity index (χ3v) is 4.49. The molecular formula is C13H11Br3N2. The van der Waals surface area contributed by atoms with Gasteiger partial charge < -0.3 is 5.32 Å². The zero-order valence-electron chi connectivity index (χ0n) is 9.67. The second-order valence-corrected chi connectivity index (χ2v) is 6.52. The largest absolute Gasteiger partial charge is 0.379 e. The van der Waals surface area contributed by atoms with Crippen molar-refractivity contribution in [2.75, 3.05) is 5.32 Å². The van der Waals surface area contributed by atoms with E-state index in [0.29, 0.717) is 6.54 Å². The van der Waals surface area contributed by atoms with Gasteiger partial charge in [0.15, 0.2) is 0 Å². The van der Waals surface area contributed by atoms with Crippen LogP contribution in [-0.4, -0.2) is 4.98 Å². The second kappa shape index (κ2) is 6.17. The van der Waals surface area contributed by atoms with Crippen molar-refractivity contribution in [3.63, 3.8) is 0 Å². The average Bonchev–Trinajstić information content (AvgIpc) is 2.32. The van der Waals surface area contributed by atoms with Gasteiger partial charge in [-0.15, -0.1) is 0 Å². The van der Waals surface area contributed by atoms with Gasteiger partial charge in [-0.1, -0.05) is 22.0 Å². The summed E-state index contributed by atoms with van der Waals surface area (Å²) in [4.78, 5) is 4.36. The van der Waals surface area contributed by atoms with Gasteiger partial charge in [0.05, 0.1) is 12.2 Å². The number of benzene rings is 1. The van der Waals surface area contributed by atoms with Gasteiger partial charge in [-0.3, -0.25) is 4.98 Å². The Balaban J connectivity index is 2.09. The Labute approximate surface area is 132 Å². The van der Waals surface area contributed by atoms with Crippen molar-refractivity contribution in [2.45, 2.75) is 13.5 Å². The van der Waals surface area contributed by atoms with Gasteiger partial charge in [0, 0.05) is 25.3 Å². The number of aromatic nitrogens is 1. The molecule has 1 aromatic carbocycles. The topological polar surface area (TPSA) is 24.9 Å². The highest BCUT2D eigenvalue weighted by atomic mass is 79.9. The molecule has 2 aromatic rings. The standard InChI is InChI=1S/C13H11Br3N2/c1-8-2-3-10(5-11(8)15)17-7-13-12(16)4-9(14)6-18-13/h2-6,17H,7H2,1H3. The number of hydrogen-bond donors (Lipinski definition) is 1. The van der Waals surface area contributed by atoms with Crippen LogP contribution >= 0.6 is 47.8 Å². The summed E-state index contributed by atoms with van der Waals surface area (Å²) in [6.45, 7) is 2.75. The SMILES string of the molecule is Cc1ccc(NCc2ncc(Br)cc2Br)cc1Br. The molecule has 0 atom stereocenters. The first-order chi connectivity index (χ1) is 8.56. The number of nitrogens with one attached hydrogen (secondary N) is 1. The zero-order valence-corrected chi connectivity index (χ0v) is 14.4. The number of pyridine rings is 1. The Hall–Kier alpha value is -0.390. The van der Waals surface area contributed by atoms with E-state index in [9.17, 15) is 0 Å². The molecule has 0 amide bonds. The van der Waals surface area contributed by atoms with Crippen molar-refractivity contribution in [1.29, 1.82) is 0 Å². The van der Waals surface area contributed by atoms with E-state index in [-0.39, 0.29) is 0 Å².